The van der Waals surface area contributed by atoms with Crippen molar-refractivity contribution in [3.8, 4) is 0 Å². The summed E-state index contributed by atoms with van der Waals surface area (Å²) in [5.74, 6) is 0. The maximum Gasteiger partial charge on any atom is 0.151 e. The van der Waals surface area contributed by atoms with E-state index in [1.807, 2.05) is 20.8 Å². The monoisotopic (exact) mass is 139 g/mol. The van der Waals surface area contributed by atoms with Gasteiger partial charge >= 0.3 is 0 Å². The molecule has 0 aromatic carbocycles. The summed E-state index contributed by atoms with van der Waals surface area (Å²) >= 11 is 0. The normalized spacial score (nSPS) is 11.0. The number of carbonyl (C=O) groups is 1. The third-order valence-corrected chi connectivity index (χ3v) is 1.38. The van der Waals surface area contributed by atoms with Gasteiger partial charge in [-0.2, -0.15) is 0 Å². The fourth-order valence-corrected chi connectivity index (χ4v) is 0.685. The van der Waals surface area contributed by atoms with Crippen LogP contribution in [0.2, 0.25) is 0 Å². The van der Waals surface area contributed by atoms with Gasteiger partial charge in [-0.3, -0.25) is 9.79 Å². The molecule has 0 aromatic rings. The Morgan fingerprint density at radius 3 is 1.90 bits per heavy atom. The summed E-state index contributed by atoms with van der Waals surface area (Å²) in [6.45, 7) is 5.63. The van der Waals surface area contributed by atoms with Gasteiger partial charge in [0.25, 0.3) is 0 Å². The van der Waals surface area contributed by atoms with Crippen LogP contribution in [0.25, 0.3) is 0 Å². The van der Waals surface area contributed by atoms with Crippen LogP contribution in [0.4, 0.5) is 0 Å². The minimum atomic E-state index is 0.711. The number of aldehydes is 1. The molecule has 0 amide bonds. The maximum atomic E-state index is 10.4. The summed E-state index contributed by atoms with van der Waals surface area (Å²) in [5, 5.41) is 0. The van der Waals surface area contributed by atoms with Crippen molar-refractivity contribution >= 4 is 12.0 Å². The van der Waals surface area contributed by atoms with E-state index in [4.69, 9.17) is 0 Å². The molecule has 2 nitrogen and oxygen atoms in total. The van der Waals surface area contributed by atoms with Gasteiger partial charge in [0.1, 0.15) is 0 Å². The number of hydrogen-bond acceptors (Lipinski definition) is 2. The standard InChI is InChI=1S/C8H13NO/c1-6(2)8(5-10)7(3)9-4/h5H,1-4H3/b9-7-. The van der Waals surface area contributed by atoms with E-state index in [1.165, 1.54) is 0 Å². The first-order valence-corrected chi connectivity index (χ1v) is 3.20. The number of hydrogen-bond donors (Lipinski definition) is 0. The molecular formula is C8H13NO. The zero-order valence-corrected chi connectivity index (χ0v) is 6.93. The highest BCUT2D eigenvalue weighted by molar-refractivity contribution is 6.14. The predicted octanol–water partition coefficient (Wildman–Crippen LogP) is 1.61. The summed E-state index contributed by atoms with van der Waals surface area (Å²) in [6.07, 6.45) is 0.845. The van der Waals surface area contributed by atoms with Crippen molar-refractivity contribution < 1.29 is 4.79 Å². The average molecular weight is 139 g/mol. The highest BCUT2D eigenvalue weighted by Gasteiger charge is 1.99. The van der Waals surface area contributed by atoms with Gasteiger partial charge in [-0.1, -0.05) is 5.57 Å². The molecule has 0 N–H and O–H groups in total. The lowest BCUT2D eigenvalue weighted by Crippen LogP contribution is -2.00. The number of nitrogens with zero attached hydrogens (tertiary/aromatic N) is 1. The van der Waals surface area contributed by atoms with Crippen LogP contribution in [-0.4, -0.2) is 19.0 Å². The fourth-order valence-electron chi connectivity index (χ4n) is 0.685. The van der Waals surface area contributed by atoms with Crippen molar-refractivity contribution in [1.29, 1.82) is 0 Å². The van der Waals surface area contributed by atoms with E-state index in [1.54, 1.807) is 7.05 Å². The molecule has 0 spiro atoms. The second-order valence-electron chi connectivity index (χ2n) is 2.34. The molecule has 0 rings (SSSR count). The van der Waals surface area contributed by atoms with Crippen molar-refractivity contribution in [2.45, 2.75) is 20.8 Å². The van der Waals surface area contributed by atoms with Gasteiger partial charge < -0.3 is 0 Å². The quantitative estimate of drug-likeness (QED) is 0.324. The topological polar surface area (TPSA) is 29.4 Å². The molecule has 2 heteroatoms. The zero-order chi connectivity index (χ0) is 8.15. The molecule has 56 valence electrons. The van der Waals surface area contributed by atoms with Crippen molar-refractivity contribution in [2.75, 3.05) is 7.05 Å². The Bertz CT molecular complexity index is 185. The van der Waals surface area contributed by atoms with Gasteiger partial charge in [-0.25, -0.2) is 0 Å². The van der Waals surface area contributed by atoms with Crippen LogP contribution in [0.1, 0.15) is 20.8 Å². The molecule has 0 saturated heterocycles. The summed E-state index contributed by atoms with van der Waals surface area (Å²) in [5.41, 5.74) is 2.52. The summed E-state index contributed by atoms with van der Waals surface area (Å²) in [6, 6.07) is 0. The van der Waals surface area contributed by atoms with E-state index in [0.717, 1.165) is 17.6 Å². The molecule has 0 aromatic heterocycles. The average Bonchev–Trinajstić information content (AvgIpc) is 1.88. The third kappa shape index (κ3) is 2.13. The lowest BCUT2D eigenvalue weighted by molar-refractivity contribution is -0.104. The molecule has 0 aliphatic heterocycles. The molecule has 0 aliphatic carbocycles. The Labute approximate surface area is 61.7 Å². The minimum absolute atomic E-state index is 0.711. The van der Waals surface area contributed by atoms with E-state index in [-0.39, 0.29) is 0 Å². The van der Waals surface area contributed by atoms with E-state index in [0.29, 0.717) is 5.57 Å². The SMILES string of the molecule is C/N=C(/C)C(C=O)=C(C)C. The third-order valence-electron chi connectivity index (χ3n) is 1.38. The zero-order valence-electron chi connectivity index (χ0n) is 6.93. The number of aliphatic imine (C=N–C) groups is 1. The van der Waals surface area contributed by atoms with Crippen LogP contribution in [0.5, 0.6) is 0 Å². The molecule has 10 heavy (non-hydrogen) atoms. The molecule has 0 atom stereocenters. The Balaban J connectivity index is 4.71. The minimum Gasteiger partial charge on any atom is -0.298 e. The maximum absolute atomic E-state index is 10.4. The van der Waals surface area contributed by atoms with Crippen LogP contribution < -0.4 is 0 Å². The molecule has 0 fully saturated rings. The fraction of sp³-hybridized carbons (Fsp3) is 0.500. The summed E-state index contributed by atoms with van der Waals surface area (Å²) in [7, 11) is 1.68. The van der Waals surface area contributed by atoms with Gasteiger partial charge in [-0.05, 0) is 20.8 Å². The second kappa shape index (κ2) is 3.99. The van der Waals surface area contributed by atoms with Crippen LogP contribution in [0.3, 0.4) is 0 Å². The molecule has 0 aliphatic rings. The van der Waals surface area contributed by atoms with Crippen molar-refractivity contribution in [2.24, 2.45) is 4.99 Å². The van der Waals surface area contributed by atoms with Crippen molar-refractivity contribution in [3.05, 3.63) is 11.1 Å². The van der Waals surface area contributed by atoms with Crippen LogP contribution in [0.15, 0.2) is 16.1 Å². The predicted molar refractivity (Wildman–Crippen MR) is 43.5 cm³/mol. The first-order valence-electron chi connectivity index (χ1n) is 3.20. The van der Waals surface area contributed by atoms with Gasteiger partial charge in [0.15, 0.2) is 6.29 Å². The van der Waals surface area contributed by atoms with E-state index in [9.17, 15) is 4.79 Å². The number of allylic oxidation sites excluding steroid dienone is 2. The van der Waals surface area contributed by atoms with E-state index in [2.05, 4.69) is 4.99 Å². The molecule has 0 heterocycles. The van der Waals surface area contributed by atoms with Crippen LogP contribution in [0, 0.1) is 0 Å². The largest absolute Gasteiger partial charge is 0.298 e. The first-order chi connectivity index (χ1) is 4.63. The van der Waals surface area contributed by atoms with Crippen LogP contribution >= 0.6 is 0 Å². The van der Waals surface area contributed by atoms with Gasteiger partial charge in [0.05, 0.1) is 0 Å². The Hall–Kier alpha value is -0.920. The smallest absolute Gasteiger partial charge is 0.151 e. The van der Waals surface area contributed by atoms with E-state index >= 15 is 0 Å². The van der Waals surface area contributed by atoms with Gasteiger partial charge in [0.2, 0.25) is 0 Å². The number of carbonyl (C=O) groups excluding carboxylic acids is 1. The Kier molecular flexibility index (Phi) is 3.62. The molecular weight excluding hydrogens is 126 g/mol. The van der Waals surface area contributed by atoms with Crippen LogP contribution in [-0.2, 0) is 4.79 Å². The lowest BCUT2D eigenvalue weighted by atomic mass is 10.1. The number of rotatable bonds is 2. The van der Waals surface area contributed by atoms with Gasteiger partial charge in [-0.15, -0.1) is 0 Å². The lowest BCUT2D eigenvalue weighted by Gasteiger charge is -1.98. The first kappa shape index (κ1) is 9.08. The van der Waals surface area contributed by atoms with Crippen molar-refractivity contribution in [1.82, 2.24) is 0 Å². The molecule has 0 radical (unpaired) electrons. The van der Waals surface area contributed by atoms with Crippen molar-refractivity contribution in [3.63, 3.8) is 0 Å². The Morgan fingerprint density at radius 2 is 1.80 bits per heavy atom. The highest BCUT2D eigenvalue weighted by atomic mass is 16.1. The van der Waals surface area contributed by atoms with E-state index < -0.39 is 0 Å². The molecule has 0 unspecified atom stereocenters. The highest BCUT2D eigenvalue weighted by Crippen LogP contribution is 2.01. The Morgan fingerprint density at radius 1 is 1.30 bits per heavy atom. The summed E-state index contributed by atoms with van der Waals surface area (Å²) < 4.78 is 0. The second-order valence-corrected chi connectivity index (χ2v) is 2.34. The van der Waals surface area contributed by atoms with Gasteiger partial charge in [0, 0.05) is 18.3 Å². The molecule has 0 saturated carbocycles. The molecule has 0 bridgehead atoms. The summed E-state index contributed by atoms with van der Waals surface area (Å²) in [4.78, 5) is 14.3.